The summed E-state index contributed by atoms with van der Waals surface area (Å²) in [6.45, 7) is 4.21. The van der Waals surface area contributed by atoms with Crippen LogP contribution in [0.5, 0.6) is 0 Å². The highest BCUT2D eigenvalue weighted by Crippen LogP contribution is 2.09. The average Bonchev–Trinajstić information content (AvgIpc) is 1.95. The fourth-order valence-corrected chi connectivity index (χ4v) is 0.872. The van der Waals surface area contributed by atoms with E-state index < -0.39 is 0 Å². The first-order chi connectivity index (χ1) is 4.83. The topological polar surface area (TPSA) is 27.7 Å². The van der Waals surface area contributed by atoms with Crippen LogP contribution in [-0.4, -0.2) is 33.2 Å². The number of methoxy groups -OCH3 is 1. The Morgan fingerprint density at radius 1 is 1.40 bits per heavy atom. The van der Waals surface area contributed by atoms with Gasteiger partial charge in [0.25, 0.3) is 0 Å². The summed E-state index contributed by atoms with van der Waals surface area (Å²) >= 11 is 0. The Kier molecular flexibility index (Phi) is 3.12. The van der Waals surface area contributed by atoms with Gasteiger partial charge in [-0.15, -0.1) is 0 Å². The molecular weight excluding hydrogens is 132 g/mol. The first-order valence-electron chi connectivity index (χ1n) is 3.55. The van der Waals surface area contributed by atoms with Crippen molar-refractivity contribution in [1.29, 1.82) is 0 Å². The maximum atomic E-state index is 5.28. The lowest BCUT2D eigenvalue weighted by molar-refractivity contribution is -0.215. The number of ether oxygens (including phenoxy) is 3. The molecule has 60 valence electrons. The largest absolute Gasteiger partial charge is 0.379 e. The quantitative estimate of drug-likeness (QED) is 0.572. The third-order valence-electron chi connectivity index (χ3n) is 1.44. The number of hydrogen-bond donors (Lipinski definition) is 0. The summed E-state index contributed by atoms with van der Waals surface area (Å²) in [5, 5.41) is 0. The van der Waals surface area contributed by atoms with Crippen molar-refractivity contribution in [3.05, 3.63) is 0 Å². The Morgan fingerprint density at radius 2 is 2.00 bits per heavy atom. The molecule has 1 aliphatic rings. The number of rotatable bonds is 2. The second-order valence-corrected chi connectivity index (χ2v) is 2.66. The van der Waals surface area contributed by atoms with Crippen molar-refractivity contribution < 1.29 is 14.2 Å². The monoisotopic (exact) mass is 146 g/mol. The maximum Gasteiger partial charge on any atom is 0.180 e. The Morgan fingerprint density at radius 3 is 2.50 bits per heavy atom. The van der Waals surface area contributed by atoms with E-state index in [1.54, 1.807) is 7.11 Å². The van der Waals surface area contributed by atoms with Crippen LogP contribution in [-0.2, 0) is 14.2 Å². The summed E-state index contributed by atoms with van der Waals surface area (Å²) in [7, 11) is 1.64. The van der Waals surface area contributed by atoms with Crippen LogP contribution < -0.4 is 0 Å². The van der Waals surface area contributed by atoms with Gasteiger partial charge in [-0.2, -0.15) is 0 Å². The minimum Gasteiger partial charge on any atom is -0.379 e. The SMILES string of the molecule is COCC1OCC(C)CO1. The molecule has 0 atom stereocenters. The molecule has 0 aromatic heterocycles. The molecule has 0 N–H and O–H groups in total. The Labute approximate surface area is 61.3 Å². The fourth-order valence-electron chi connectivity index (χ4n) is 0.872. The average molecular weight is 146 g/mol. The molecule has 3 nitrogen and oxygen atoms in total. The van der Waals surface area contributed by atoms with E-state index in [-0.39, 0.29) is 6.29 Å². The zero-order valence-electron chi connectivity index (χ0n) is 6.50. The second-order valence-electron chi connectivity index (χ2n) is 2.66. The van der Waals surface area contributed by atoms with Crippen LogP contribution in [0, 0.1) is 5.92 Å². The van der Waals surface area contributed by atoms with Crippen LogP contribution in [0.25, 0.3) is 0 Å². The second kappa shape index (κ2) is 3.91. The van der Waals surface area contributed by atoms with Gasteiger partial charge < -0.3 is 14.2 Å². The van der Waals surface area contributed by atoms with Crippen LogP contribution in [0.15, 0.2) is 0 Å². The summed E-state index contributed by atoms with van der Waals surface area (Å²) in [6, 6.07) is 0. The van der Waals surface area contributed by atoms with E-state index in [0.717, 1.165) is 13.2 Å². The molecular formula is C7H14O3. The Balaban J connectivity index is 2.13. The standard InChI is InChI=1S/C7H14O3/c1-6-3-9-7(5-8-2)10-4-6/h6-7H,3-5H2,1-2H3. The predicted molar refractivity (Wildman–Crippen MR) is 36.7 cm³/mol. The zero-order valence-corrected chi connectivity index (χ0v) is 6.50. The van der Waals surface area contributed by atoms with E-state index in [4.69, 9.17) is 14.2 Å². The fraction of sp³-hybridized carbons (Fsp3) is 1.00. The Hall–Kier alpha value is -0.120. The molecule has 0 unspecified atom stereocenters. The zero-order chi connectivity index (χ0) is 7.40. The molecule has 0 spiro atoms. The summed E-state index contributed by atoms with van der Waals surface area (Å²) in [6.07, 6.45) is -0.138. The summed E-state index contributed by atoms with van der Waals surface area (Å²) in [5.41, 5.74) is 0. The molecule has 1 saturated heterocycles. The normalized spacial score (nSPS) is 34.2. The minimum atomic E-state index is -0.138. The molecule has 0 aromatic rings. The van der Waals surface area contributed by atoms with E-state index in [1.807, 2.05) is 0 Å². The van der Waals surface area contributed by atoms with Gasteiger partial charge >= 0.3 is 0 Å². The van der Waals surface area contributed by atoms with E-state index in [9.17, 15) is 0 Å². The lowest BCUT2D eigenvalue weighted by Crippen LogP contribution is -2.33. The highest BCUT2D eigenvalue weighted by Gasteiger charge is 2.18. The van der Waals surface area contributed by atoms with Crippen LogP contribution in [0.3, 0.4) is 0 Å². The van der Waals surface area contributed by atoms with Crippen molar-refractivity contribution in [1.82, 2.24) is 0 Å². The van der Waals surface area contributed by atoms with E-state index in [2.05, 4.69) is 6.92 Å². The molecule has 0 aliphatic carbocycles. The molecule has 1 aliphatic heterocycles. The van der Waals surface area contributed by atoms with Crippen LogP contribution >= 0.6 is 0 Å². The molecule has 1 heterocycles. The lowest BCUT2D eigenvalue weighted by Gasteiger charge is -2.26. The van der Waals surface area contributed by atoms with Gasteiger partial charge in [0.2, 0.25) is 0 Å². The van der Waals surface area contributed by atoms with E-state index >= 15 is 0 Å². The summed E-state index contributed by atoms with van der Waals surface area (Å²) in [4.78, 5) is 0. The van der Waals surface area contributed by atoms with Gasteiger partial charge in [0, 0.05) is 13.0 Å². The van der Waals surface area contributed by atoms with Gasteiger partial charge in [0.1, 0.15) is 0 Å². The maximum absolute atomic E-state index is 5.28. The van der Waals surface area contributed by atoms with Crippen molar-refractivity contribution in [3.63, 3.8) is 0 Å². The van der Waals surface area contributed by atoms with Crippen molar-refractivity contribution in [2.75, 3.05) is 26.9 Å². The Bertz CT molecular complexity index is 86.9. The predicted octanol–water partition coefficient (Wildman–Crippen LogP) is 0.642. The van der Waals surface area contributed by atoms with Crippen molar-refractivity contribution in [2.45, 2.75) is 13.2 Å². The van der Waals surface area contributed by atoms with Gasteiger partial charge in [0.15, 0.2) is 6.29 Å². The molecule has 1 fully saturated rings. The highest BCUT2D eigenvalue weighted by molar-refractivity contribution is 4.56. The van der Waals surface area contributed by atoms with Crippen molar-refractivity contribution in [2.24, 2.45) is 5.92 Å². The molecule has 10 heavy (non-hydrogen) atoms. The summed E-state index contributed by atoms with van der Waals surface area (Å²) < 4.78 is 15.4. The molecule has 1 rings (SSSR count). The molecule has 0 amide bonds. The smallest absolute Gasteiger partial charge is 0.180 e. The van der Waals surface area contributed by atoms with E-state index in [1.165, 1.54) is 0 Å². The van der Waals surface area contributed by atoms with Crippen LogP contribution in [0.1, 0.15) is 6.92 Å². The minimum absolute atomic E-state index is 0.138. The third-order valence-corrected chi connectivity index (χ3v) is 1.44. The first kappa shape index (κ1) is 7.98. The van der Waals surface area contributed by atoms with Gasteiger partial charge in [-0.05, 0) is 0 Å². The van der Waals surface area contributed by atoms with Crippen LogP contribution in [0.2, 0.25) is 0 Å². The number of hydrogen-bond acceptors (Lipinski definition) is 3. The third kappa shape index (κ3) is 2.25. The first-order valence-corrected chi connectivity index (χ1v) is 3.55. The highest BCUT2D eigenvalue weighted by atomic mass is 16.7. The van der Waals surface area contributed by atoms with Crippen molar-refractivity contribution in [3.8, 4) is 0 Å². The lowest BCUT2D eigenvalue weighted by atomic mass is 10.2. The molecule has 0 radical (unpaired) electrons. The van der Waals surface area contributed by atoms with Crippen LogP contribution in [0.4, 0.5) is 0 Å². The van der Waals surface area contributed by atoms with Gasteiger partial charge in [-0.25, -0.2) is 0 Å². The van der Waals surface area contributed by atoms with Gasteiger partial charge in [-0.1, -0.05) is 6.92 Å². The van der Waals surface area contributed by atoms with Crippen molar-refractivity contribution >= 4 is 0 Å². The molecule has 0 saturated carbocycles. The summed E-state index contributed by atoms with van der Waals surface area (Å²) in [5.74, 6) is 0.521. The van der Waals surface area contributed by atoms with Gasteiger partial charge in [0.05, 0.1) is 19.8 Å². The van der Waals surface area contributed by atoms with E-state index in [0.29, 0.717) is 12.5 Å². The molecule has 0 aromatic carbocycles. The van der Waals surface area contributed by atoms with Gasteiger partial charge in [-0.3, -0.25) is 0 Å². The molecule has 0 bridgehead atoms. The molecule has 3 heteroatoms.